The lowest BCUT2D eigenvalue weighted by atomic mass is 10.2. The van der Waals surface area contributed by atoms with Crippen molar-refractivity contribution < 1.29 is 4.79 Å². The standard InChI is InChI=1S/C13H18N4OS2/c1-8(2)13-16-9(6-20-13)3-4-15-12(18)10-7-19-11(5-14)17-10/h6-8H,3-5,14H2,1-2H3,(H,15,18). The van der Waals surface area contributed by atoms with Crippen molar-refractivity contribution in [3.63, 3.8) is 0 Å². The summed E-state index contributed by atoms with van der Waals surface area (Å²) in [6.45, 7) is 5.19. The molecule has 2 aromatic rings. The van der Waals surface area contributed by atoms with Gasteiger partial charge in [0, 0.05) is 36.2 Å². The molecule has 0 spiro atoms. The Bertz CT molecular complexity index is 576. The van der Waals surface area contributed by atoms with Crippen molar-refractivity contribution in [3.8, 4) is 0 Å². The normalized spacial score (nSPS) is 11.0. The highest BCUT2D eigenvalue weighted by molar-refractivity contribution is 7.10. The van der Waals surface area contributed by atoms with E-state index in [1.165, 1.54) is 11.3 Å². The van der Waals surface area contributed by atoms with Crippen LogP contribution in [0.25, 0.3) is 0 Å². The molecule has 1 amide bonds. The number of rotatable bonds is 6. The minimum Gasteiger partial charge on any atom is -0.350 e. The highest BCUT2D eigenvalue weighted by Crippen LogP contribution is 2.19. The molecule has 3 N–H and O–H groups in total. The number of thiazole rings is 2. The van der Waals surface area contributed by atoms with Crippen LogP contribution in [0, 0.1) is 0 Å². The van der Waals surface area contributed by atoms with E-state index in [1.54, 1.807) is 16.7 Å². The molecule has 0 fully saturated rings. The lowest BCUT2D eigenvalue weighted by Crippen LogP contribution is -2.26. The molecule has 0 unspecified atom stereocenters. The molecule has 0 atom stereocenters. The quantitative estimate of drug-likeness (QED) is 0.856. The van der Waals surface area contributed by atoms with Gasteiger partial charge in [0.1, 0.15) is 10.7 Å². The van der Waals surface area contributed by atoms with Gasteiger partial charge >= 0.3 is 0 Å². The average molecular weight is 310 g/mol. The number of nitrogens with zero attached hydrogens (tertiary/aromatic N) is 2. The Labute approximate surface area is 126 Å². The number of hydrogen-bond donors (Lipinski definition) is 2. The molecule has 2 heterocycles. The molecule has 108 valence electrons. The summed E-state index contributed by atoms with van der Waals surface area (Å²) in [5.41, 5.74) is 6.94. The van der Waals surface area contributed by atoms with E-state index in [0.717, 1.165) is 22.1 Å². The van der Waals surface area contributed by atoms with Crippen LogP contribution in [0.1, 0.15) is 46.0 Å². The van der Waals surface area contributed by atoms with E-state index in [9.17, 15) is 4.79 Å². The van der Waals surface area contributed by atoms with Crippen LogP contribution in [0.2, 0.25) is 0 Å². The van der Waals surface area contributed by atoms with Crippen molar-refractivity contribution in [2.24, 2.45) is 5.73 Å². The molecule has 0 radical (unpaired) electrons. The molecule has 0 aliphatic rings. The van der Waals surface area contributed by atoms with E-state index in [4.69, 9.17) is 5.73 Å². The summed E-state index contributed by atoms with van der Waals surface area (Å²) < 4.78 is 0. The smallest absolute Gasteiger partial charge is 0.270 e. The van der Waals surface area contributed by atoms with Gasteiger partial charge in [-0.2, -0.15) is 0 Å². The van der Waals surface area contributed by atoms with Crippen molar-refractivity contribution in [3.05, 3.63) is 32.2 Å². The fraction of sp³-hybridized carbons (Fsp3) is 0.462. The van der Waals surface area contributed by atoms with E-state index in [1.807, 2.05) is 0 Å². The van der Waals surface area contributed by atoms with E-state index in [-0.39, 0.29) is 5.91 Å². The molecular formula is C13H18N4OS2. The number of aromatic nitrogens is 2. The van der Waals surface area contributed by atoms with Crippen LogP contribution < -0.4 is 11.1 Å². The Morgan fingerprint density at radius 2 is 2.15 bits per heavy atom. The Kier molecular flexibility index (Phi) is 5.22. The Morgan fingerprint density at radius 1 is 1.35 bits per heavy atom. The Balaban J connectivity index is 1.81. The number of carbonyl (C=O) groups excluding carboxylic acids is 1. The van der Waals surface area contributed by atoms with E-state index in [2.05, 4.69) is 34.5 Å². The number of amides is 1. The lowest BCUT2D eigenvalue weighted by molar-refractivity contribution is 0.0949. The molecule has 2 aromatic heterocycles. The van der Waals surface area contributed by atoms with Crippen molar-refractivity contribution in [1.29, 1.82) is 0 Å². The van der Waals surface area contributed by atoms with E-state index in [0.29, 0.717) is 24.7 Å². The summed E-state index contributed by atoms with van der Waals surface area (Å²) in [6, 6.07) is 0. The maximum Gasteiger partial charge on any atom is 0.270 e. The monoisotopic (exact) mass is 310 g/mol. The van der Waals surface area contributed by atoms with Crippen LogP contribution in [0.4, 0.5) is 0 Å². The fourth-order valence-corrected chi connectivity index (χ4v) is 3.13. The summed E-state index contributed by atoms with van der Waals surface area (Å²) in [5.74, 6) is 0.299. The number of carbonyl (C=O) groups is 1. The molecule has 0 aliphatic heterocycles. The highest BCUT2D eigenvalue weighted by atomic mass is 32.1. The number of nitrogens with one attached hydrogen (secondary N) is 1. The van der Waals surface area contributed by atoms with Gasteiger partial charge in [0.25, 0.3) is 5.91 Å². The predicted octanol–water partition coefficient (Wildman–Crippen LogP) is 2.15. The fourth-order valence-electron chi connectivity index (χ4n) is 1.61. The molecule has 0 saturated heterocycles. The number of hydrogen-bond acceptors (Lipinski definition) is 6. The largest absolute Gasteiger partial charge is 0.350 e. The molecule has 2 rings (SSSR count). The second kappa shape index (κ2) is 6.92. The third-order valence-electron chi connectivity index (χ3n) is 2.69. The summed E-state index contributed by atoms with van der Waals surface area (Å²) in [5, 5.41) is 8.55. The van der Waals surface area contributed by atoms with Crippen LogP contribution in [0.15, 0.2) is 10.8 Å². The molecule has 0 saturated carbocycles. The van der Waals surface area contributed by atoms with Crippen LogP contribution in [0.3, 0.4) is 0 Å². The van der Waals surface area contributed by atoms with Crippen LogP contribution >= 0.6 is 22.7 Å². The second-order valence-electron chi connectivity index (χ2n) is 4.67. The zero-order chi connectivity index (χ0) is 14.5. The highest BCUT2D eigenvalue weighted by Gasteiger charge is 2.10. The van der Waals surface area contributed by atoms with Crippen LogP contribution in [-0.2, 0) is 13.0 Å². The van der Waals surface area contributed by atoms with Crippen LogP contribution in [-0.4, -0.2) is 22.4 Å². The molecule has 5 nitrogen and oxygen atoms in total. The molecule has 20 heavy (non-hydrogen) atoms. The van der Waals surface area contributed by atoms with Crippen molar-refractivity contribution in [1.82, 2.24) is 15.3 Å². The first kappa shape index (κ1) is 15.1. The van der Waals surface area contributed by atoms with Gasteiger partial charge in [-0.3, -0.25) is 4.79 Å². The predicted molar refractivity (Wildman–Crippen MR) is 82.2 cm³/mol. The second-order valence-corrected chi connectivity index (χ2v) is 6.50. The van der Waals surface area contributed by atoms with Gasteiger partial charge in [-0.1, -0.05) is 13.8 Å². The molecule has 0 aromatic carbocycles. The molecule has 0 aliphatic carbocycles. The summed E-state index contributed by atoms with van der Waals surface area (Å²) in [7, 11) is 0. The minimum absolute atomic E-state index is 0.153. The average Bonchev–Trinajstić information content (AvgIpc) is 3.07. The maximum absolute atomic E-state index is 11.9. The van der Waals surface area contributed by atoms with Gasteiger partial charge in [0.15, 0.2) is 0 Å². The molecule has 7 heteroatoms. The molecule has 0 bridgehead atoms. The van der Waals surface area contributed by atoms with E-state index >= 15 is 0 Å². The maximum atomic E-state index is 11.9. The topological polar surface area (TPSA) is 80.9 Å². The van der Waals surface area contributed by atoms with Crippen molar-refractivity contribution >= 4 is 28.6 Å². The first-order valence-electron chi connectivity index (χ1n) is 6.47. The summed E-state index contributed by atoms with van der Waals surface area (Å²) in [4.78, 5) is 20.5. The third kappa shape index (κ3) is 3.84. The summed E-state index contributed by atoms with van der Waals surface area (Å²) in [6.07, 6.45) is 0.739. The SMILES string of the molecule is CC(C)c1nc(CCNC(=O)c2csc(CN)n2)cs1. The van der Waals surface area contributed by atoms with Crippen molar-refractivity contribution in [2.75, 3.05) is 6.54 Å². The van der Waals surface area contributed by atoms with Gasteiger partial charge in [0.2, 0.25) is 0 Å². The Morgan fingerprint density at radius 3 is 2.75 bits per heavy atom. The van der Waals surface area contributed by atoms with E-state index < -0.39 is 0 Å². The van der Waals surface area contributed by atoms with Gasteiger partial charge < -0.3 is 11.1 Å². The zero-order valence-electron chi connectivity index (χ0n) is 11.5. The first-order valence-corrected chi connectivity index (χ1v) is 8.23. The van der Waals surface area contributed by atoms with Gasteiger partial charge in [-0.15, -0.1) is 22.7 Å². The summed E-state index contributed by atoms with van der Waals surface area (Å²) >= 11 is 3.08. The Hall–Kier alpha value is -1.31. The minimum atomic E-state index is -0.153. The third-order valence-corrected chi connectivity index (χ3v) is 4.75. The zero-order valence-corrected chi connectivity index (χ0v) is 13.2. The lowest BCUT2D eigenvalue weighted by Gasteiger charge is -2.01. The first-order chi connectivity index (χ1) is 9.60. The van der Waals surface area contributed by atoms with Gasteiger partial charge in [0.05, 0.1) is 10.7 Å². The van der Waals surface area contributed by atoms with Crippen molar-refractivity contribution in [2.45, 2.75) is 32.7 Å². The van der Waals surface area contributed by atoms with Gasteiger partial charge in [-0.25, -0.2) is 9.97 Å². The number of nitrogens with two attached hydrogens (primary N) is 1. The molecular weight excluding hydrogens is 292 g/mol. The van der Waals surface area contributed by atoms with Gasteiger partial charge in [-0.05, 0) is 0 Å². The van der Waals surface area contributed by atoms with Crippen LogP contribution in [0.5, 0.6) is 0 Å².